The van der Waals surface area contributed by atoms with Gasteiger partial charge in [0, 0.05) is 30.8 Å². The average Bonchev–Trinajstić information content (AvgIpc) is 3.22. The molecule has 1 amide bonds. The minimum absolute atomic E-state index is 0.107. The number of amides is 1. The Morgan fingerprint density at radius 2 is 1.87 bits per heavy atom. The maximum atomic E-state index is 12.9. The molecule has 162 valence electrons. The van der Waals surface area contributed by atoms with Gasteiger partial charge in [0.2, 0.25) is 22.7 Å². The van der Waals surface area contributed by atoms with Crippen LogP contribution in [0, 0.1) is 22.7 Å². The second-order valence-electron chi connectivity index (χ2n) is 8.44. The summed E-state index contributed by atoms with van der Waals surface area (Å²) in [5.41, 5.74) is -0.127. The molecular formula is C21H27N3O5S. The van der Waals surface area contributed by atoms with Crippen LogP contribution in [0.4, 0.5) is 5.69 Å². The Kier molecular flexibility index (Phi) is 5.89. The van der Waals surface area contributed by atoms with Crippen molar-refractivity contribution in [1.29, 1.82) is 5.26 Å². The second kappa shape index (κ2) is 8.44. The van der Waals surface area contributed by atoms with E-state index >= 15 is 0 Å². The molecule has 0 atom stereocenters. The minimum Gasteiger partial charge on any atom is -0.454 e. The van der Waals surface area contributed by atoms with Gasteiger partial charge in [0.15, 0.2) is 11.5 Å². The van der Waals surface area contributed by atoms with Gasteiger partial charge in [0.25, 0.3) is 0 Å². The predicted molar refractivity (Wildman–Crippen MR) is 110 cm³/mol. The molecule has 2 heterocycles. The number of anilines is 1. The third-order valence-corrected chi connectivity index (χ3v) is 8.43. The van der Waals surface area contributed by atoms with Crippen LogP contribution in [-0.2, 0) is 14.8 Å². The first-order valence-corrected chi connectivity index (χ1v) is 12.1. The van der Waals surface area contributed by atoms with Crippen LogP contribution < -0.4 is 14.8 Å². The molecule has 1 saturated heterocycles. The number of nitrogens with zero attached hydrogens (tertiary/aromatic N) is 2. The lowest BCUT2D eigenvalue weighted by molar-refractivity contribution is -0.120. The summed E-state index contributed by atoms with van der Waals surface area (Å²) in [6.07, 6.45) is 5.11. The molecule has 1 aromatic rings. The van der Waals surface area contributed by atoms with Gasteiger partial charge in [-0.05, 0) is 37.8 Å². The van der Waals surface area contributed by atoms with Crippen molar-refractivity contribution in [3.8, 4) is 17.6 Å². The van der Waals surface area contributed by atoms with Gasteiger partial charge in [-0.2, -0.15) is 5.26 Å². The molecule has 2 aliphatic heterocycles. The maximum Gasteiger partial charge on any atom is 0.231 e. The average molecular weight is 434 g/mol. The highest BCUT2D eigenvalue weighted by Crippen LogP contribution is 2.38. The van der Waals surface area contributed by atoms with Crippen LogP contribution in [0.3, 0.4) is 0 Å². The number of hydrogen-bond donors (Lipinski definition) is 1. The third kappa shape index (κ3) is 4.40. The molecule has 1 saturated carbocycles. The number of carbonyl (C=O) groups excluding carboxylic acids is 1. The van der Waals surface area contributed by atoms with E-state index < -0.39 is 15.4 Å². The van der Waals surface area contributed by atoms with Gasteiger partial charge < -0.3 is 14.8 Å². The number of hydrogen-bond acceptors (Lipinski definition) is 6. The zero-order chi connectivity index (χ0) is 21.2. The molecule has 1 N–H and O–H groups in total. The fourth-order valence-electron chi connectivity index (χ4n) is 4.57. The number of fused-ring (bicyclic) bond motifs is 1. The van der Waals surface area contributed by atoms with Crippen LogP contribution in [0.2, 0.25) is 0 Å². The lowest BCUT2D eigenvalue weighted by Crippen LogP contribution is -2.45. The number of piperidine rings is 1. The fraction of sp³-hybridized carbons (Fsp3) is 0.619. The SMILES string of the molecule is N#CC1(CS(=O)(=O)N2CCC(C(=O)Nc3ccc4c(c3)OCO4)CC2)CCCCC1. The first-order valence-electron chi connectivity index (χ1n) is 10.5. The van der Waals surface area contributed by atoms with E-state index in [0.29, 0.717) is 56.0 Å². The van der Waals surface area contributed by atoms with E-state index in [4.69, 9.17) is 9.47 Å². The van der Waals surface area contributed by atoms with Crippen LogP contribution in [0.5, 0.6) is 11.5 Å². The van der Waals surface area contributed by atoms with E-state index in [2.05, 4.69) is 11.4 Å². The smallest absolute Gasteiger partial charge is 0.231 e. The molecule has 0 spiro atoms. The fourth-order valence-corrected chi connectivity index (χ4v) is 6.57. The Morgan fingerprint density at radius 3 is 2.57 bits per heavy atom. The number of sulfonamides is 1. The van der Waals surface area contributed by atoms with Crippen LogP contribution in [0.25, 0.3) is 0 Å². The zero-order valence-electron chi connectivity index (χ0n) is 16.9. The molecule has 1 aromatic carbocycles. The normalized spacial score (nSPS) is 21.7. The Hall–Kier alpha value is -2.31. The van der Waals surface area contributed by atoms with Gasteiger partial charge in [-0.15, -0.1) is 0 Å². The van der Waals surface area contributed by atoms with Gasteiger partial charge in [0.1, 0.15) is 0 Å². The van der Waals surface area contributed by atoms with E-state index in [1.807, 2.05) is 0 Å². The summed E-state index contributed by atoms with van der Waals surface area (Å²) in [7, 11) is -3.52. The maximum absolute atomic E-state index is 12.9. The van der Waals surface area contributed by atoms with Crippen molar-refractivity contribution in [2.24, 2.45) is 11.3 Å². The van der Waals surface area contributed by atoms with Crippen LogP contribution >= 0.6 is 0 Å². The van der Waals surface area contributed by atoms with Crippen molar-refractivity contribution < 1.29 is 22.7 Å². The van der Waals surface area contributed by atoms with Crippen molar-refractivity contribution in [1.82, 2.24) is 4.31 Å². The molecule has 9 heteroatoms. The Balaban J connectivity index is 1.32. The highest BCUT2D eigenvalue weighted by molar-refractivity contribution is 7.89. The largest absolute Gasteiger partial charge is 0.454 e. The van der Waals surface area contributed by atoms with Gasteiger partial charge >= 0.3 is 0 Å². The topological polar surface area (TPSA) is 109 Å². The van der Waals surface area contributed by atoms with Crippen molar-refractivity contribution in [2.45, 2.75) is 44.9 Å². The lowest BCUT2D eigenvalue weighted by atomic mass is 9.77. The molecule has 30 heavy (non-hydrogen) atoms. The highest BCUT2D eigenvalue weighted by atomic mass is 32.2. The molecule has 8 nitrogen and oxygen atoms in total. The van der Waals surface area contributed by atoms with Crippen molar-refractivity contribution >= 4 is 21.6 Å². The Bertz CT molecular complexity index is 942. The van der Waals surface area contributed by atoms with E-state index in [1.54, 1.807) is 18.2 Å². The molecule has 4 rings (SSSR count). The first-order chi connectivity index (χ1) is 14.4. The van der Waals surface area contributed by atoms with Crippen molar-refractivity contribution in [2.75, 3.05) is 31.0 Å². The summed E-state index contributed by atoms with van der Waals surface area (Å²) in [5, 5.41) is 12.5. The van der Waals surface area contributed by atoms with E-state index in [1.165, 1.54) is 4.31 Å². The van der Waals surface area contributed by atoms with Gasteiger partial charge in [-0.3, -0.25) is 4.79 Å². The summed E-state index contributed by atoms with van der Waals surface area (Å²) in [6.45, 7) is 0.791. The number of ether oxygens (including phenoxy) is 2. The molecule has 1 aliphatic carbocycles. The second-order valence-corrected chi connectivity index (χ2v) is 10.4. The van der Waals surface area contributed by atoms with Crippen molar-refractivity contribution in [3.63, 3.8) is 0 Å². The zero-order valence-corrected chi connectivity index (χ0v) is 17.7. The van der Waals surface area contributed by atoms with E-state index in [-0.39, 0.29) is 24.4 Å². The summed E-state index contributed by atoms with van der Waals surface area (Å²) in [6, 6.07) is 7.54. The standard InChI is InChI=1S/C21H27N3O5S/c22-13-21(8-2-1-3-9-21)14-30(26,27)24-10-6-16(7-11-24)20(25)23-17-4-5-18-19(12-17)29-15-28-18/h4-5,12,16H,1-3,6-11,14-15H2,(H,23,25). The molecule has 0 radical (unpaired) electrons. The summed E-state index contributed by atoms with van der Waals surface area (Å²) < 4.78 is 37.9. The summed E-state index contributed by atoms with van der Waals surface area (Å²) >= 11 is 0. The van der Waals surface area contributed by atoms with Crippen LogP contribution in [0.15, 0.2) is 18.2 Å². The summed E-state index contributed by atoms with van der Waals surface area (Å²) in [4.78, 5) is 12.6. The van der Waals surface area contributed by atoms with E-state index in [9.17, 15) is 18.5 Å². The number of benzene rings is 1. The number of nitriles is 1. The minimum atomic E-state index is -3.52. The molecule has 0 unspecified atom stereocenters. The lowest BCUT2D eigenvalue weighted by Gasteiger charge is -2.35. The number of carbonyl (C=O) groups is 1. The van der Waals surface area contributed by atoms with Crippen LogP contribution in [0.1, 0.15) is 44.9 Å². The van der Waals surface area contributed by atoms with Crippen molar-refractivity contribution in [3.05, 3.63) is 18.2 Å². The predicted octanol–water partition coefficient (Wildman–Crippen LogP) is 2.87. The third-order valence-electron chi connectivity index (χ3n) is 6.36. The molecular weight excluding hydrogens is 406 g/mol. The van der Waals surface area contributed by atoms with Crippen LogP contribution in [-0.4, -0.2) is 44.3 Å². The molecule has 0 aromatic heterocycles. The van der Waals surface area contributed by atoms with Gasteiger partial charge in [0.05, 0.1) is 17.2 Å². The first kappa shape index (κ1) is 20.9. The molecule has 2 fully saturated rings. The summed E-state index contributed by atoms with van der Waals surface area (Å²) in [5.74, 6) is 0.778. The Morgan fingerprint density at radius 1 is 1.17 bits per heavy atom. The van der Waals surface area contributed by atoms with Gasteiger partial charge in [-0.1, -0.05) is 19.3 Å². The molecule has 3 aliphatic rings. The monoisotopic (exact) mass is 433 g/mol. The highest BCUT2D eigenvalue weighted by Gasteiger charge is 2.40. The van der Waals surface area contributed by atoms with E-state index in [0.717, 1.165) is 19.3 Å². The number of rotatable bonds is 5. The number of nitrogens with one attached hydrogen (secondary N) is 1. The van der Waals surface area contributed by atoms with Gasteiger partial charge in [-0.25, -0.2) is 12.7 Å². The molecule has 0 bridgehead atoms. The quantitative estimate of drug-likeness (QED) is 0.765. The Labute approximate surface area is 177 Å².